The van der Waals surface area contributed by atoms with E-state index in [1.54, 1.807) is 47.3 Å². The van der Waals surface area contributed by atoms with Gasteiger partial charge in [-0.1, -0.05) is 0 Å². The smallest absolute Gasteiger partial charge is 0.258 e. The molecule has 0 spiro atoms. The third kappa shape index (κ3) is 2.08. The van der Waals surface area contributed by atoms with Gasteiger partial charge in [-0.3, -0.25) is 19.5 Å². The van der Waals surface area contributed by atoms with Gasteiger partial charge in [0.25, 0.3) is 0 Å². The van der Waals surface area contributed by atoms with Crippen LogP contribution in [-0.2, 0) is 7.05 Å². The topological polar surface area (TPSA) is 122 Å². The molecule has 128 valence electrons. The molecule has 4 rings (SSSR count). The largest absolute Gasteiger partial charge is 0.312 e. The number of aryl methyl sites for hydroxylation is 2. The fourth-order valence-electron chi connectivity index (χ4n) is 3.04. The Morgan fingerprint density at radius 1 is 1.24 bits per heavy atom. The highest BCUT2D eigenvalue weighted by atomic mass is 16.6. The van der Waals surface area contributed by atoms with Crippen molar-refractivity contribution in [1.29, 1.82) is 0 Å². The summed E-state index contributed by atoms with van der Waals surface area (Å²) in [7, 11) is 1.81. The van der Waals surface area contributed by atoms with Gasteiger partial charge in [-0.15, -0.1) is 5.10 Å². The molecule has 0 radical (unpaired) electrons. The van der Waals surface area contributed by atoms with Crippen molar-refractivity contribution in [2.75, 3.05) is 0 Å². The number of aromatic nitrogens is 8. The van der Waals surface area contributed by atoms with Gasteiger partial charge in [-0.05, 0) is 20.8 Å². The van der Waals surface area contributed by atoms with Gasteiger partial charge in [0.05, 0.1) is 16.5 Å². The average Bonchev–Trinajstić information content (AvgIpc) is 3.22. The quantitative estimate of drug-likeness (QED) is 0.407. The minimum atomic E-state index is -0.416. The van der Waals surface area contributed by atoms with Crippen molar-refractivity contribution in [1.82, 2.24) is 39.1 Å². The van der Waals surface area contributed by atoms with E-state index in [2.05, 4.69) is 25.3 Å². The summed E-state index contributed by atoms with van der Waals surface area (Å²) in [6, 6.07) is -0.362. The van der Waals surface area contributed by atoms with Crippen LogP contribution in [-0.4, -0.2) is 44.1 Å². The number of nitro groups is 1. The summed E-state index contributed by atoms with van der Waals surface area (Å²) >= 11 is 0. The zero-order valence-electron chi connectivity index (χ0n) is 14.1. The highest BCUT2D eigenvalue weighted by Gasteiger charge is 2.26. The van der Waals surface area contributed by atoms with E-state index < -0.39 is 4.92 Å². The van der Waals surface area contributed by atoms with Gasteiger partial charge in [0.15, 0.2) is 17.1 Å². The second-order valence-corrected chi connectivity index (χ2v) is 5.89. The van der Waals surface area contributed by atoms with Gasteiger partial charge >= 0.3 is 5.69 Å². The minimum Gasteiger partial charge on any atom is -0.258 e. The summed E-state index contributed by atoms with van der Waals surface area (Å²) in [5.41, 5.74) is 2.21. The Labute approximate surface area is 141 Å². The lowest BCUT2D eigenvalue weighted by atomic mass is 10.3. The Morgan fingerprint density at radius 3 is 2.68 bits per heavy atom. The predicted octanol–water partition coefficient (Wildman–Crippen LogP) is 1.34. The van der Waals surface area contributed by atoms with Crippen LogP contribution in [0.2, 0.25) is 0 Å². The van der Waals surface area contributed by atoms with Crippen LogP contribution in [0, 0.1) is 24.0 Å². The number of nitrogens with zero attached hydrogens (tertiary/aromatic N) is 9. The molecule has 0 fully saturated rings. The van der Waals surface area contributed by atoms with Crippen molar-refractivity contribution in [2.24, 2.45) is 7.05 Å². The van der Waals surface area contributed by atoms with Crippen LogP contribution in [0.25, 0.3) is 16.7 Å². The summed E-state index contributed by atoms with van der Waals surface area (Å²) in [4.78, 5) is 19.7. The van der Waals surface area contributed by atoms with Crippen molar-refractivity contribution < 1.29 is 4.92 Å². The molecule has 4 aromatic rings. The van der Waals surface area contributed by atoms with Gasteiger partial charge in [0, 0.05) is 7.05 Å². The normalized spacial score (nSPS) is 13.0. The number of hydrogen-bond acceptors (Lipinski definition) is 7. The Balaban J connectivity index is 1.86. The second kappa shape index (κ2) is 5.06. The van der Waals surface area contributed by atoms with Crippen LogP contribution in [0.3, 0.4) is 0 Å². The number of fused-ring (bicyclic) bond motifs is 3. The molecule has 1 atom stereocenters. The molecule has 4 aromatic heterocycles. The highest BCUT2D eigenvalue weighted by Crippen LogP contribution is 2.27. The summed E-state index contributed by atoms with van der Waals surface area (Å²) in [6.45, 7) is 5.14. The van der Waals surface area contributed by atoms with Gasteiger partial charge in [-0.2, -0.15) is 10.2 Å². The third-order valence-electron chi connectivity index (χ3n) is 4.30. The summed E-state index contributed by atoms with van der Waals surface area (Å²) < 4.78 is 4.82. The van der Waals surface area contributed by atoms with Crippen LogP contribution in [0.1, 0.15) is 30.2 Å². The van der Waals surface area contributed by atoms with E-state index in [1.807, 2.05) is 6.92 Å². The van der Waals surface area contributed by atoms with E-state index in [9.17, 15) is 10.1 Å². The van der Waals surface area contributed by atoms with Crippen molar-refractivity contribution in [2.45, 2.75) is 26.8 Å². The molecule has 0 saturated carbocycles. The molecular weight excluding hydrogens is 326 g/mol. The number of rotatable bonds is 3. The van der Waals surface area contributed by atoms with Gasteiger partial charge in [0.2, 0.25) is 0 Å². The molecule has 0 amide bonds. The fraction of sp³-hybridized carbons (Fsp3) is 0.357. The lowest BCUT2D eigenvalue weighted by Crippen LogP contribution is -2.12. The first-order valence-electron chi connectivity index (χ1n) is 7.61. The molecule has 0 aliphatic heterocycles. The molecule has 25 heavy (non-hydrogen) atoms. The lowest BCUT2D eigenvalue weighted by Gasteiger charge is -2.09. The Bertz CT molecular complexity index is 1140. The van der Waals surface area contributed by atoms with E-state index in [-0.39, 0.29) is 11.7 Å². The Kier molecular flexibility index (Phi) is 3.07. The third-order valence-corrected chi connectivity index (χ3v) is 4.30. The van der Waals surface area contributed by atoms with Crippen molar-refractivity contribution in [3.8, 4) is 0 Å². The molecule has 0 N–H and O–H groups in total. The monoisotopic (exact) mass is 341 g/mol. The predicted molar refractivity (Wildman–Crippen MR) is 87.2 cm³/mol. The van der Waals surface area contributed by atoms with Crippen LogP contribution in [0.5, 0.6) is 0 Å². The molecule has 11 heteroatoms. The summed E-state index contributed by atoms with van der Waals surface area (Å²) in [5, 5.41) is 24.9. The average molecular weight is 341 g/mol. The van der Waals surface area contributed by atoms with E-state index in [0.29, 0.717) is 28.5 Å². The lowest BCUT2D eigenvalue weighted by molar-refractivity contribution is -0.386. The minimum absolute atomic E-state index is 0.0203. The van der Waals surface area contributed by atoms with E-state index in [4.69, 9.17) is 0 Å². The molecule has 0 saturated heterocycles. The molecule has 11 nitrogen and oxygen atoms in total. The maximum absolute atomic E-state index is 11.2. The van der Waals surface area contributed by atoms with E-state index in [1.165, 1.54) is 0 Å². The van der Waals surface area contributed by atoms with Crippen molar-refractivity contribution in [3.63, 3.8) is 0 Å². The first-order chi connectivity index (χ1) is 11.9. The summed E-state index contributed by atoms with van der Waals surface area (Å²) in [5.74, 6) is 0.499. The molecule has 0 aliphatic rings. The van der Waals surface area contributed by atoms with Crippen LogP contribution in [0.15, 0.2) is 12.5 Å². The molecule has 4 heterocycles. The fourth-order valence-corrected chi connectivity index (χ4v) is 3.04. The van der Waals surface area contributed by atoms with Gasteiger partial charge in [-0.25, -0.2) is 14.5 Å². The SMILES string of the molecule is Cc1nn([C@H](C)c2nc3c4cnn(C)c4ncn3n2)c(C)c1[N+](=O)[O-]. The Morgan fingerprint density at radius 2 is 2.00 bits per heavy atom. The van der Waals surface area contributed by atoms with Gasteiger partial charge in [0.1, 0.15) is 23.8 Å². The van der Waals surface area contributed by atoms with Crippen molar-refractivity contribution >= 4 is 22.4 Å². The molecular formula is C14H15N9O2. The van der Waals surface area contributed by atoms with Gasteiger partial charge < -0.3 is 0 Å². The molecule has 0 aliphatic carbocycles. The van der Waals surface area contributed by atoms with Crippen LogP contribution >= 0.6 is 0 Å². The second-order valence-electron chi connectivity index (χ2n) is 5.89. The molecule has 0 unspecified atom stereocenters. The first-order valence-corrected chi connectivity index (χ1v) is 7.61. The molecule has 0 bridgehead atoms. The van der Waals surface area contributed by atoms with Crippen molar-refractivity contribution in [3.05, 3.63) is 39.9 Å². The van der Waals surface area contributed by atoms with E-state index in [0.717, 1.165) is 5.39 Å². The van der Waals surface area contributed by atoms with E-state index >= 15 is 0 Å². The maximum atomic E-state index is 11.2. The standard InChI is InChI=1S/C14H15N9O2/c1-7-11(23(24)25)8(2)22(18-7)9(3)12-17-14-10-5-16-20(4)13(10)15-6-21(14)19-12/h5-6,9H,1-4H3/t9-/m1/s1. The van der Waals surface area contributed by atoms with Crippen LogP contribution < -0.4 is 0 Å². The summed E-state index contributed by atoms with van der Waals surface area (Å²) in [6.07, 6.45) is 3.27. The maximum Gasteiger partial charge on any atom is 0.312 e. The van der Waals surface area contributed by atoms with Crippen LogP contribution in [0.4, 0.5) is 5.69 Å². The zero-order valence-corrected chi connectivity index (χ0v) is 14.1. The zero-order chi connectivity index (χ0) is 17.9. The molecule has 0 aromatic carbocycles. The highest BCUT2D eigenvalue weighted by molar-refractivity contribution is 5.88. The Hall–Kier alpha value is -3.37. The number of hydrogen-bond donors (Lipinski definition) is 0. The first kappa shape index (κ1) is 15.2.